The zero-order valence-corrected chi connectivity index (χ0v) is 14.1. The van der Waals surface area contributed by atoms with Crippen LogP contribution in [0.3, 0.4) is 0 Å². The Labute approximate surface area is 138 Å². The van der Waals surface area contributed by atoms with Crippen molar-refractivity contribution in [1.29, 1.82) is 0 Å². The zero-order valence-electron chi connectivity index (χ0n) is 14.1. The highest BCUT2D eigenvalue weighted by Crippen LogP contribution is 2.21. The van der Waals surface area contributed by atoms with Crippen LogP contribution in [0.1, 0.15) is 45.4 Å². The highest BCUT2D eigenvalue weighted by Gasteiger charge is 2.18. The molecule has 0 atom stereocenters. The molecule has 5 heteroatoms. The minimum absolute atomic E-state index is 0.0169. The van der Waals surface area contributed by atoms with Crippen LogP contribution in [0.4, 0.5) is 11.4 Å². The first kappa shape index (κ1) is 17.5. The lowest BCUT2D eigenvalue weighted by Crippen LogP contribution is -2.37. The molecule has 0 spiro atoms. The summed E-state index contributed by atoms with van der Waals surface area (Å²) in [6, 6.07) is 7.72. The van der Waals surface area contributed by atoms with Crippen molar-refractivity contribution in [2.75, 3.05) is 24.2 Å². The van der Waals surface area contributed by atoms with E-state index in [0.29, 0.717) is 24.0 Å². The van der Waals surface area contributed by atoms with Gasteiger partial charge in [-0.25, -0.2) is 0 Å². The predicted molar refractivity (Wildman–Crippen MR) is 93.5 cm³/mol. The van der Waals surface area contributed by atoms with Crippen molar-refractivity contribution < 1.29 is 9.59 Å². The Kier molecular flexibility index (Phi) is 6.59. The molecule has 1 fully saturated rings. The van der Waals surface area contributed by atoms with Gasteiger partial charge in [-0.1, -0.05) is 31.7 Å². The minimum Gasteiger partial charge on any atom is -0.326 e. The van der Waals surface area contributed by atoms with Crippen molar-refractivity contribution in [3.8, 4) is 0 Å². The normalized spacial score (nSPS) is 16.0. The van der Waals surface area contributed by atoms with Gasteiger partial charge < -0.3 is 10.6 Å². The summed E-state index contributed by atoms with van der Waals surface area (Å²) in [5.41, 5.74) is 1.39. The molecule has 0 aromatic heterocycles. The molecule has 0 bridgehead atoms. The quantitative estimate of drug-likeness (QED) is 0.820. The van der Waals surface area contributed by atoms with Crippen LogP contribution >= 0.6 is 0 Å². The smallest absolute Gasteiger partial charge is 0.238 e. The summed E-state index contributed by atoms with van der Waals surface area (Å²) < 4.78 is 0. The van der Waals surface area contributed by atoms with Crippen LogP contribution < -0.4 is 10.6 Å². The van der Waals surface area contributed by atoms with E-state index in [9.17, 15) is 9.59 Å². The maximum Gasteiger partial charge on any atom is 0.238 e. The van der Waals surface area contributed by atoms with Crippen LogP contribution in [0.2, 0.25) is 0 Å². The van der Waals surface area contributed by atoms with Crippen molar-refractivity contribution in [3.63, 3.8) is 0 Å². The molecule has 1 aliphatic carbocycles. The Morgan fingerprint density at radius 2 is 1.70 bits per heavy atom. The van der Waals surface area contributed by atoms with E-state index in [1.165, 1.54) is 45.4 Å². The van der Waals surface area contributed by atoms with Gasteiger partial charge >= 0.3 is 0 Å². The highest BCUT2D eigenvalue weighted by atomic mass is 16.2. The van der Waals surface area contributed by atoms with Gasteiger partial charge in [0.1, 0.15) is 0 Å². The van der Waals surface area contributed by atoms with Crippen molar-refractivity contribution in [1.82, 2.24) is 4.90 Å². The largest absolute Gasteiger partial charge is 0.326 e. The Hall–Kier alpha value is -1.88. The van der Waals surface area contributed by atoms with E-state index >= 15 is 0 Å². The third-order valence-electron chi connectivity index (χ3n) is 4.31. The van der Waals surface area contributed by atoms with Gasteiger partial charge in [0.05, 0.1) is 6.54 Å². The van der Waals surface area contributed by atoms with Gasteiger partial charge in [-0.05, 0) is 38.1 Å². The third-order valence-corrected chi connectivity index (χ3v) is 4.31. The number of carbonyl (C=O) groups excluding carboxylic acids is 2. The van der Waals surface area contributed by atoms with Crippen molar-refractivity contribution in [2.24, 2.45) is 0 Å². The van der Waals surface area contributed by atoms with E-state index in [0.717, 1.165) is 0 Å². The third kappa shape index (κ3) is 6.02. The number of likely N-dealkylation sites (N-methyl/N-ethyl adjacent to an activating group) is 1. The first-order valence-electron chi connectivity index (χ1n) is 8.42. The molecular formula is C18H27N3O2. The van der Waals surface area contributed by atoms with Gasteiger partial charge in [0.25, 0.3) is 0 Å². The van der Waals surface area contributed by atoms with Gasteiger partial charge in [0, 0.05) is 24.3 Å². The number of anilines is 2. The number of carbonyl (C=O) groups is 2. The van der Waals surface area contributed by atoms with Gasteiger partial charge in [-0.15, -0.1) is 0 Å². The second-order valence-electron chi connectivity index (χ2n) is 6.37. The SMILES string of the molecule is CC(=O)Nc1cccc(NC(=O)CN(C)C2CCCCCC2)c1. The van der Waals surface area contributed by atoms with E-state index < -0.39 is 0 Å². The number of hydrogen-bond acceptors (Lipinski definition) is 3. The lowest BCUT2D eigenvalue weighted by Gasteiger charge is -2.26. The summed E-state index contributed by atoms with van der Waals surface area (Å²) in [6.07, 6.45) is 7.51. The van der Waals surface area contributed by atoms with Crippen LogP contribution in [0, 0.1) is 0 Å². The zero-order chi connectivity index (χ0) is 16.7. The molecule has 5 nitrogen and oxygen atoms in total. The highest BCUT2D eigenvalue weighted by molar-refractivity contribution is 5.94. The van der Waals surface area contributed by atoms with Gasteiger partial charge in [0.15, 0.2) is 0 Å². The Balaban J connectivity index is 1.87. The molecule has 0 radical (unpaired) electrons. The molecule has 1 saturated carbocycles. The van der Waals surface area contributed by atoms with E-state index in [1.54, 1.807) is 12.1 Å². The van der Waals surface area contributed by atoms with Crippen LogP contribution in [0.5, 0.6) is 0 Å². The molecule has 1 aromatic carbocycles. The number of rotatable bonds is 5. The number of amides is 2. The number of hydrogen-bond donors (Lipinski definition) is 2. The molecule has 1 aromatic rings. The average molecular weight is 317 g/mol. The predicted octanol–water partition coefficient (Wildman–Crippen LogP) is 3.24. The fraction of sp³-hybridized carbons (Fsp3) is 0.556. The van der Waals surface area contributed by atoms with Gasteiger partial charge in [-0.2, -0.15) is 0 Å². The van der Waals surface area contributed by atoms with E-state index in [2.05, 4.69) is 15.5 Å². The minimum atomic E-state index is -0.124. The van der Waals surface area contributed by atoms with Crippen molar-refractivity contribution >= 4 is 23.2 Å². The molecule has 1 aliphatic rings. The topological polar surface area (TPSA) is 61.4 Å². The average Bonchev–Trinajstić information content (AvgIpc) is 2.75. The molecule has 2 N–H and O–H groups in total. The van der Waals surface area contributed by atoms with Crippen LogP contribution in [0.15, 0.2) is 24.3 Å². The second-order valence-corrected chi connectivity index (χ2v) is 6.37. The van der Waals surface area contributed by atoms with E-state index in [4.69, 9.17) is 0 Å². The van der Waals surface area contributed by atoms with Gasteiger partial charge in [0.2, 0.25) is 11.8 Å². The maximum atomic E-state index is 12.2. The molecule has 23 heavy (non-hydrogen) atoms. The molecule has 0 unspecified atom stereocenters. The van der Waals surface area contributed by atoms with E-state index in [-0.39, 0.29) is 11.8 Å². The fourth-order valence-corrected chi connectivity index (χ4v) is 3.13. The summed E-state index contributed by atoms with van der Waals surface area (Å²) in [6.45, 7) is 1.86. The number of benzene rings is 1. The van der Waals surface area contributed by atoms with Crippen molar-refractivity contribution in [2.45, 2.75) is 51.5 Å². The van der Waals surface area contributed by atoms with Gasteiger partial charge in [-0.3, -0.25) is 14.5 Å². The number of nitrogens with zero attached hydrogens (tertiary/aromatic N) is 1. The molecular weight excluding hydrogens is 290 g/mol. The van der Waals surface area contributed by atoms with Crippen LogP contribution in [-0.2, 0) is 9.59 Å². The Bertz CT molecular complexity index is 537. The first-order valence-corrected chi connectivity index (χ1v) is 8.42. The first-order chi connectivity index (χ1) is 11.0. The number of nitrogens with one attached hydrogen (secondary N) is 2. The second kappa shape index (κ2) is 8.67. The molecule has 126 valence electrons. The molecule has 0 aliphatic heterocycles. The summed E-state index contributed by atoms with van der Waals surface area (Å²) in [4.78, 5) is 25.5. The van der Waals surface area contributed by atoms with Crippen LogP contribution in [0.25, 0.3) is 0 Å². The standard InChI is InChI=1S/C18H27N3O2/c1-14(22)19-15-8-7-9-16(12-15)20-18(23)13-21(2)17-10-5-3-4-6-11-17/h7-9,12,17H,3-6,10-11,13H2,1-2H3,(H,19,22)(H,20,23). The van der Waals surface area contributed by atoms with E-state index in [1.807, 2.05) is 19.2 Å². The Morgan fingerprint density at radius 1 is 1.09 bits per heavy atom. The van der Waals surface area contributed by atoms with Crippen molar-refractivity contribution in [3.05, 3.63) is 24.3 Å². The summed E-state index contributed by atoms with van der Waals surface area (Å²) in [7, 11) is 2.03. The monoisotopic (exact) mass is 317 g/mol. The lowest BCUT2D eigenvalue weighted by molar-refractivity contribution is -0.117. The molecule has 2 amide bonds. The lowest BCUT2D eigenvalue weighted by atomic mass is 10.1. The molecule has 2 rings (SSSR count). The molecule has 0 heterocycles. The van der Waals surface area contributed by atoms with Crippen LogP contribution in [-0.4, -0.2) is 36.3 Å². The fourth-order valence-electron chi connectivity index (χ4n) is 3.13. The summed E-state index contributed by atoms with van der Waals surface area (Å²) >= 11 is 0. The summed E-state index contributed by atoms with van der Waals surface area (Å²) in [5, 5.41) is 5.63. The maximum absolute atomic E-state index is 12.2. The Morgan fingerprint density at radius 3 is 2.30 bits per heavy atom. The molecule has 0 saturated heterocycles. The summed E-state index contributed by atoms with van der Waals surface area (Å²) in [5.74, 6) is -0.140.